The minimum atomic E-state index is 0.230. The lowest BCUT2D eigenvalue weighted by atomic mass is 10.2. The number of aldehydes is 3. The molecule has 0 saturated heterocycles. The molecule has 0 aliphatic carbocycles. The Balaban J connectivity index is 0.000000233. The van der Waals surface area contributed by atoms with Gasteiger partial charge in [-0.25, -0.2) is 0 Å². The maximum absolute atomic E-state index is 9.91. The van der Waals surface area contributed by atoms with Crippen LogP contribution in [-0.4, -0.2) is 24.0 Å². The molecule has 4 nitrogen and oxygen atoms in total. The minimum absolute atomic E-state index is 0.230. The van der Waals surface area contributed by atoms with Crippen LogP contribution in [0.5, 0.6) is 5.75 Å². The number of carbonyl (C=O) groups excluding carboxylic acids is 3. The molecule has 0 bridgehead atoms. The SMILES string of the molecule is O=CC=Cc1ccc(O)cc1.O=CC=Cc1ccccc1.O=CC=Cc1ccccc1. The zero-order valence-electron chi connectivity index (χ0n) is 17.0. The van der Waals surface area contributed by atoms with E-state index in [0.29, 0.717) is 6.29 Å². The van der Waals surface area contributed by atoms with Crippen molar-refractivity contribution in [1.82, 2.24) is 0 Å². The fraction of sp³-hybridized carbons (Fsp3) is 0. The van der Waals surface area contributed by atoms with Crippen LogP contribution in [0.25, 0.3) is 18.2 Å². The molecule has 0 amide bonds. The van der Waals surface area contributed by atoms with Crippen molar-refractivity contribution in [3.63, 3.8) is 0 Å². The van der Waals surface area contributed by atoms with Crippen LogP contribution in [0.15, 0.2) is 103 Å². The number of hydrogen-bond donors (Lipinski definition) is 1. The maximum Gasteiger partial charge on any atom is 0.142 e. The lowest BCUT2D eigenvalue weighted by Gasteiger charge is -1.91. The predicted octanol–water partition coefficient (Wildman–Crippen LogP) is 5.40. The van der Waals surface area contributed by atoms with Gasteiger partial charge in [0.25, 0.3) is 0 Å². The van der Waals surface area contributed by atoms with E-state index in [0.717, 1.165) is 29.3 Å². The first-order valence-corrected chi connectivity index (χ1v) is 9.44. The molecule has 0 aliphatic rings. The summed E-state index contributed by atoms with van der Waals surface area (Å²) in [6.07, 6.45) is 11.8. The van der Waals surface area contributed by atoms with E-state index < -0.39 is 0 Å². The molecule has 0 radical (unpaired) electrons. The highest BCUT2D eigenvalue weighted by molar-refractivity contribution is 5.74. The Labute approximate surface area is 182 Å². The Morgan fingerprint density at radius 1 is 0.452 bits per heavy atom. The molecule has 0 unspecified atom stereocenters. The fourth-order valence-electron chi connectivity index (χ4n) is 2.16. The maximum atomic E-state index is 9.91. The fourth-order valence-corrected chi connectivity index (χ4v) is 2.16. The third-order valence-corrected chi connectivity index (χ3v) is 3.59. The van der Waals surface area contributed by atoms with Crippen LogP contribution in [0.4, 0.5) is 0 Å². The summed E-state index contributed by atoms with van der Waals surface area (Å²) in [6.45, 7) is 0. The summed E-state index contributed by atoms with van der Waals surface area (Å²) in [5, 5.41) is 8.89. The van der Waals surface area contributed by atoms with Crippen molar-refractivity contribution in [3.05, 3.63) is 120 Å². The first kappa shape index (κ1) is 24.7. The van der Waals surface area contributed by atoms with E-state index in [1.54, 1.807) is 42.5 Å². The van der Waals surface area contributed by atoms with Crippen molar-refractivity contribution in [2.24, 2.45) is 0 Å². The number of phenolic OH excluding ortho intramolecular Hbond substituents is 1. The molecule has 0 atom stereocenters. The van der Waals surface area contributed by atoms with Gasteiger partial charge in [0.15, 0.2) is 0 Å². The topological polar surface area (TPSA) is 71.4 Å². The average molecular weight is 412 g/mol. The highest BCUT2D eigenvalue weighted by Crippen LogP contribution is 2.10. The second kappa shape index (κ2) is 16.6. The minimum Gasteiger partial charge on any atom is -0.508 e. The lowest BCUT2D eigenvalue weighted by molar-refractivity contribution is -0.104. The van der Waals surface area contributed by atoms with Crippen LogP contribution in [0.2, 0.25) is 0 Å². The van der Waals surface area contributed by atoms with Gasteiger partial charge in [0.1, 0.15) is 24.6 Å². The summed E-state index contributed by atoms with van der Waals surface area (Å²) >= 11 is 0. The number of benzene rings is 3. The van der Waals surface area contributed by atoms with Crippen molar-refractivity contribution >= 4 is 37.1 Å². The van der Waals surface area contributed by atoms with E-state index in [-0.39, 0.29) is 5.75 Å². The smallest absolute Gasteiger partial charge is 0.142 e. The van der Waals surface area contributed by atoms with Gasteiger partial charge in [0.2, 0.25) is 0 Å². The normalized spacial score (nSPS) is 10.1. The van der Waals surface area contributed by atoms with Crippen LogP contribution in [0.1, 0.15) is 16.7 Å². The van der Waals surface area contributed by atoms with Gasteiger partial charge in [0, 0.05) is 0 Å². The number of carbonyl (C=O) groups is 3. The van der Waals surface area contributed by atoms with Gasteiger partial charge in [-0.05, 0) is 47.1 Å². The molecular formula is C27H24O4. The molecule has 0 fully saturated rings. The summed E-state index contributed by atoms with van der Waals surface area (Å²) < 4.78 is 0. The molecule has 1 N–H and O–H groups in total. The van der Waals surface area contributed by atoms with E-state index in [9.17, 15) is 14.4 Å². The van der Waals surface area contributed by atoms with Crippen LogP contribution >= 0.6 is 0 Å². The molecule has 0 aliphatic heterocycles. The van der Waals surface area contributed by atoms with Gasteiger partial charge < -0.3 is 5.11 Å². The molecule has 0 spiro atoms. The monoisotopic (exact) mass is 412 g/mol. The molecule has 0 aromatic heterocycles. The van der Waals surface area contributed by atoms with E-state index in [4.69, 9.17) is 5.11 Å². The van der Waals surface area contributed by atoms with Gasteiger partial charge in [-0.2, -0.15) is 0 Å². The van der Waals surface area contributed by atoms with Crippen molar-refractivity contribution in [2.45, 2.75) is 0 Å². The van der Waals surface area contributed by atoms with Gasteiger partial charge >= 0.3 is 0 Å². The third-order valence-electron chi connectivity index (χ3n) is 3.59. The molecule has 0 heterocycles. The second-order valence-electron chi connectivity index (χ2n) is 5.90. The zero-order valence-corrected chi connectivity index (χ0v) is 17.0. The molecule has 3 aromatic rings. The molecule has 31 heavy (non-hydrogen) atoms. The number of hydrogen-bond acceptors (Lipinski definition) is 4. The number of rotatable bonds is 6. The molecule has 156 valence electrons. The van der Waals surface area contributed by atoms with E-state index in [1.807, 2.05) is 60.7 Å². The Hall–Kier alpha value is -4.31. The zero-order chi connectivity index (χ0) is 22.6. The number of aromatic hydroxyl groups is 1. The Morgan fingerprint density at radius 3 is 1.10 bits per heavy atom. The number of allylic oxidation sites excluding steroid dienone is 3. The highest BCUT2D eigenvalue weighted by Gasteiger charge is 1.86. The predicted molar refractivity (Wildman–Crippen MR) is 126 cm³/mol. The summed E-state index contributed by atoms with van der Waals surface area (Å²) in [5.74, 6) is 0.230. The Morgan fingerprint density at radius 2 is 0.774 bits per heavy atom. The van der Waals surface area contributed by atoms with Crippen molar-refractivity contribution < 1.29 is 19.5 Å². The molecule has 4 heteroatoms. The first-order chi connectivity index (χ1) is 15.2. The van der Waals surface area contributed by atoms with Gasteiger partial charge in [-0.3, -0.25) is 14.4 Å². The van der Waals surface area contributed by atoms with Crippen molar-refractivity contribution in [3.8, 4) is 5.75 Å². The van der Waals surface area contributed by atoms with Crippen LogP contribution in [-0.2, 0) is 14.4 Å². The van der Waals surface area contributed by atoms with Gasteiger partial charge in [0.05, 0.1) is 0 Å². The lowest BCUT2D eigenvalue weighted by Crippen LogP contribution is -1.70. The van der Waals surface area contributed by atoms with Crippen LogP contribution in [0.3, 0.4) is 0 Å². The Kier molecular flexibility index (Phi) is 13.3. The quantitative estimate of drug-likeness (QED) is 0.435. The summed E-state index contributed by atoms with van der Waals surface area (Å²) in [4.78, 5) is 29.7. The summed E-state index contributed by atoms with van der Waals surface area (Å²) in [5.41, 5.74) is 3.00. The molecule has 3 rings (SSSR count). The molecule has 3 aromatic carbocycles. The Bertz CT molecular complexity index is 917. The average Bonchev–Trinajstić information content (AvgIpc) is 2.83. The van der Waals surface area contributed by atoms with E-state index in [1.165, 1.54) is 18.2 Å². The third kappa shape index (κ3) is 12.7. The second-order valence-corrected chi connectivity index (χ2v) is 5.90. The van der Waals surface area contributed by atoms with Crippen molar-refractivity contribution in [2.75, 3.05) is 0 Å². The van der Waals surface area contributed by atoms with Crippen LogP contribution in [0, 0.1) is 0 Å². The number of phenols is 1. The van der Waals surface area contributed by atoms with E-state index in [2.05, 4.69) is 0 Å². The standard InChI is InChI=1S/C9H8O2.2C9H8O/c10-7-1-2-8-3-5-9(11)6-4-8;2*10-8-4-7-9-5-2-1-3-6-9/h1-7,11H;2*1-8H. The first-order valence-electron chi connectivity index (χ1n) is 9.44. The highest BCUT2D eigenvalue weighted by atomic mass is 16.3. The molecular weight excluding hydrogens is 388 g/mol. The molecule has 0 saturated carbocycles. The van der Waals surface area contributed by atoms with E-state index >= 15 is 0 Å². The van der Waals surface area contributed by atoms with Crippen LogP contribution < -0.4 is 0 Å². The van der Waals surface area contributed by atoms with Gasteiger partial charge in [-0.1, -0.05) is 91.0 Å². The summed E-state index contributed by atoms with van der Waals surface area (Å²) in [6, 6.07) is 26.0. The largest absolute Gasteiger partial charge is 0.508 e. The van der Waals surface area contributed by atoms with Crippen molar-refractivity contribution in [1.29, 1.82) is 0 Å². The summed E-state index contributed by atoms with van der Waals surface area (Å²) in [7, 11) is 0. The van der Waals surface area contributed by atoms with Gasteiger partial charge in [-0.15, -0.1) is 0 Å².